The molecule has 0 saturated carbocycles. The van der Waals surface area contributed by atoms with Gasteiger partial charge in [-0.15, -0.1) is 0 Å². The Morgan fingerprint density at radius 1 is 1.14 bits per heavy atom. The zero-order chi connectivity index (χ0) is 27.3. The molecule has 202 valence electrons. The fraction of sp³-hybridized carbons (Fsp3) is 0.600. The number of hydrogen-bond acceptors (Lipinski definition) is 7. The zero-order valence-corrected chi connectivity index (χ0v) is 25.0. The van der Waals surface area contributed by atoms with Crippen molar-refractivity contribution in [2.75, 3.05) is 12.9 Å². The molecule has 1 unspecified atom stereocenters. The molecule has 36 heavy (non-hydrogen) atoms. The summed E-state index contributed by atoms with van der Waals surface area (Å²) in [5, 5.41) is 0.306. The maximum atomic E-state index is 14.1. The Kier molecular flexibility index (Phi) is 10.5. The van der Waals surface area contributed by atoms with Gasteiger partial charge in [0.1, 0.15) is 0 Å². The number of thioether (sulfide) groups is 1. The van der Waals surface area contributed by atoms with Crippen LogP contribution in [0, 0.1) is 23.5 Å². The quantitative estimate of drug-likeness (QED) is 0.125. The average Bonchev–Trinajstić information content (AvgIpc) is 2.70. The second-order valence-electron chi connectivity index (χ2n) is 11.0. The molecule has 11 heteroatoms. The zero-order valence-electron chi connectivity index (χ0n) is 22.4. The minimum absolute atomic E-state index is 0.0786. The number of halogens is 2. The van der Waals surface area contributed by atoms with Crippen LogP contribution in [0.4, 0.5) is 8.78 Å². The highest BCUT2D eigenvalue weighted by atomic mass is 32.2. The molecule has 2 aromatic rings. The van der Waals surface area contributed by atoms with Crippen molar-refractivity contribution in [3.05, 3.63) is 47.2 Å². The van der Waals surface area contributed by atoms with Crippen molar-refractivity contribution >= 4 is 30.2 Å². The molecule has 1 aromatic carbocycles. The van der Waals surface area contributed by atoms with Crippen molar-refractivity contribution in [3.63, 3.8) is 0 Å². The maximum absolute atomic E-state index is 14.1. The number of benzene rings is 1. The lowest BCUT2D eigenvalue weighted by molar-refractivity contribution is 0.206. The van der Waals surface area contributed by atoms with Gasteiger partial charge in [0.05, 0.1) is 6.26 Å². The van der Waals surface area contributed by atoms with Crippen molar-refractivity contribution in [3.8, 4) is 5.88 Å². The van der Waals surface area contributed by atoms with Gasteiger partial charge in [0.2, 0.25) is 5.88 Å². The fourth-order valence-corrected chi connectivity index (χ4v) is 5.66. The van der Waals surface area contributed by atoms with Gasteiger partial charge in [-0.05, 0) is 48.9 Å². The topological polar surface area (TPSA) is 78.4 Å². The highest BCUT2D eigenvalue weighted by Gasteiger charge is 2.37. The number of aromatic nitrogens is 2. The largest absolute Gasteiger partial charge is 0.417 e. The summed E-state index contributed by atoms with van der Waals surface area (Å²) >= 11 is 1.08. The molecule has 6 nitrogen and oxygen atoms in total. The van der Waals surface area contributed by atoms with Crippen LogP contribution in [0.15, 0.2) is 29.4 Å². The van der Waals surface area contributed by atoms with E-state index in [2.05, 4.69) is 57.7 Å². The Morgan fingerprint density at radius 3 is 2.39 bits per heavy atom. The van der Waals surface area contributed by atoms with E-state index in [1.807, 2.05) is 0 Å². The molecule has 1 atom stereocenters. The molecule has 0 amide bonds. The first-order valence-electron chi connectivity index (χ1n) is 11.9. The van der Waals surface area contributed by atoms with Gasteiger partial charge in [0.25, 0.3) is 0 Å². The molecular formula is C25H38F2N2O4S2Si. The van der Waals surface area contributed by atoms with Crippen LogP contribution < -0.4 is 4.18 Å². The molecule has 1 aromatic heterocycles. The standard InChI is InChI=1S/C25H38F2N2O4S2Si/c1-17(2)12-18(15-32-36(7,8)25(3,4)5)13-20-14-22(33-35(6,30)31)29-24(28-20)34-16-19-10-9-11-21(26)23(19)27/h9-11,14,17-18H,12-13,15-16H2,1-8H3. The van der Waals surface area contributed by atoms with Crippen molar-refractivity contribution in [2.24, 2.45) is 11.8 Å². The van der Waals surface area contributed by atoms with E-state index in [9.17, 15) is 17.2 Å². The molecule has 2 rings (SSSR count). The molecule has 0 radical (unpaired) electrons. The molecule has 1 heterocycles. The van der Waals surface area contributed by atoms with E-state index < -0.39 is 30.1 Å². The van der Waals surface area contributed by atoms with Gasteiger partial charge in [0.15, 0.2) is 25.1 Å². The maximum Gasteiger partial charge on any atom is 0.307 e. The van der Waals surface area contributed by atoms with Crippen LogP contribution in [0.2, 0.25) is 18.1 Å². The van der Waals surface area contributed by atoms with Crippen molar-refractivity contribution in [1.29, 1.82) is 0 Å². The van der Waals surface area contributed by atoms with Crippen LogP contribution >= 0.6 is 11.8 Å². The second-order valence-corrected chi connectivity index (χ2v) is 18.4. The summed E-state index contributed by atoms with van der Waals surface area (Å²) in [5.74, 6) is -1.29. The minimum atomic E-state index is -3.81. The second kappa shape index (κ2) is 12.3. The van der Waals surface area contributed by atoms with Crippen LogP contribution in [-0.4, -0.2) is 39.6 Å². The van der Waals surface area contributed by atoms with E-state index in [1.165, 1.54) is 18.2 Å². The Hall–Kier alpha value is -1.56. The fourth-order valence-electron chi connectivity index (χ4n) is 3.33. The summed E-state index contributed by atoms with van der Waals surface area (Å²) in [6, 6.07) is 5.50. The van der Waals surface area contributed by atoms with Crippen LogP contribution in [-0.2, 0) is 26.7 Å². The molecule has 0 spiro atoms. The molecule has 0 bridgehead atoms. The van der Waals surface area contributed by atoms with E-state index in [4.69, 9.17) is 8.61 Å². The average molecular weight is 561 g/mol. The summed E-state index contributed by atoms with van der Waals surface area (Å²) in [4.78, 5) is 8.77. The first-order chi connectivity index (χ1) is 16.5. The Morgan fingerprint density at radius 2 is 1.81 bits per heavy atom. The summed E-state index contributed by atoms with van der Waals surface area (Å²) in [6.45, 7) is 15.9. The lowest BCUT2D eigenvalue weighted by Gasteiger charge is -2.37. The molecule has 0 aliphatic carbocycles. The normalized spacial score (nSPS) is 13.8. The molecule has 0 N–H and O–H groups in total. The molecule has 0 fully saturated rings. The summed E-state index contributed by atoms with van der Waals surface area (Å²) in [6.07, 6.45) is 2.38. The van der Waals surface area contributed by atoms with E-state index in [-0.39, 0.29) is 33.3 Å². The van der Waals surface area contributed by atoms with Crippen molar-refractivity contribution < 1.29 is 25.8 Å². The Bertz CT molecular complexity index is 1140. The van der Waals surface area contributed by atoms with Gasteiger partial charge in [-0.25, -0.2) is 13.8 Å². The Balaban J connectivity index is 2.30. The third-order valence-electron chi connectivity index (χ3n) is 6.15. The summed E-state index contributed by atoms with van der Waals surface area (Å²) in [7, 11) is -5.77. The van der Waals surface area contributed by atoms with Gasteiger partial charge in [-0.3, -0.25) is 0 Å². The highest BCUT2D eigenvalue weighted by molar-refractivity contribution is 7.98. The first kappa shape index (κ1) is 30.7. The van der Waals surface area contributed by atoms with Crippen molar-refractivity contribution in [1.82, 2.24) is 9.97 Å². The first-order valence-corrected chi connectivity index (χ1v) is 17.6. The van der Waals surface area contributed by atoms with Gasteiger partial charge in [-0.2, -0.15) is 13.4 Å². The van der Waals surface area contributed by atoms with E-state index in [0.717, 1.165) is 30.5 Å². The van der Waals surface area contributed by atoms with Gasteiger partial charge >= 0.3 is 10.1 Å². The highest BCUT2D eigenvalue weighted by Crippen LogP contribution is 2.37. The lowest BCUT2D eigenvalue weighted by Crippen LogP contribution is -2.42. The summed E-state index contributed by atoms with van der Waals surface area (Å²) < 4.78 is 62.7. The monoisotopic (exact) mass is 560 g/mol. The molecule has 0 aliphatic rings. The van der Waals surface area contributed by atoms with Gasteiger partial charge < -0.3 is 8.61 Å². The predicted octanol–water partition coefficient (Wildman–Crippen LogP) is 6.61. The predicted molar refractivity (Wildman–Crippen MR) is 143 cm³/mol. The third-order valence-corrected chi connectivity index (χ3v) is 12.0. The van der Waals surface area contributed by atoms with Gasteiger partial charge in [-0.1, -0.05) is 58.5 Å². The van der Waals surface area contributed by atoms with E-state index >= 15 is 0 Å². The van der Waals surface area contributed by atoms with Crippen molar-refractivity contribution in [2.45, 2.75) is 76.5 Å². The van der Waals surface area contributed by atoms with E-state index in [1.54, 1.807) is 0 Å². The lowest BCUT2D eigenvalue weighted by atomic mass is 9.93. The van der Waals surface area contributed by atoms with E-state index in [0.29, 0.717) is 24.6 Å². The SMILES string of the molecule is CC(C)CC(CO[Si](C)(C)C(C)(C)C)Cc1cc(OS(C)(=O)=O)nc(SCc2cccc(F)c2F)n1. The van der Waals surface area contributed by atoms with Crippen LogP contribution in [0.3, 0.4) is 0 Å². The number of nitrogens with zero attached hydrogens (tertiary/aromatic N) is 2. The Labute approximate surface area is 219 Å². The van der Waals surface area contributed by atoms with Gasteiger partial charge in [0, 0.05) is 29.7 Å². The molecular weight excluding hydrogens is 523 g/mol. The van der Waals surface area contributed by atoms with Crippen LogP contribution in [0.1, 0.15) is 52.3 Å². The van der Waals surface area contributed by atoms with Crippen LogP contribution in [0.5, 0.6) is 5.88 Å². The molecule has 0 saturated heterocycles. The summed E-state index contributed by atoms with van der Waals surface area (Å²) in [5.41, 5.74) is 0.774. The number of rotatable bonds is 12. The smallest absolute Gasteiger partial charge is 0.307 e. The third kappa shape index (κ3) is 9.72. The minimum Gasteiger partial charge on any atom is -0.417 e. The molecule has 0 aliphatic heterocycles. The number of hydrogen-bond donors (Lipinski definition) is 0. The van der Waals surface area contributed by atoms with Crippen LogP contribution in [0.25, 0.3) is 0 Å².